The predicted octanol–water partition coefficient (Wildman–Crippen LogP) is 1.32. The molecule has 1 fully saturated rings. The van der Waals surface area contributed by atoms with Crippen LogP contribution in [0.2, 0.25) is 0 Å². The maximum absolute atomic E-state index is 12.8. The van der Waals surface area contributed by atoms with Gasteiger partial charge in [0.05, 0.1) is 24.0 Å². The molecule has 1 amide bonds. The molecule has 0 radical (unpaired) electrons. The number of anilines is 2. The SMILES string of the molecule is COCC1(C(=O)Nc2ccc(C)c(NS(C)(=O)=O)c2)CCNCC1. The first-order valence-corrected chi connectivity index (χ1v) is 9.74. The normalized spacial score (nSPS) is 17.3. The lowest BCUT2D eigenvalue weighted by atomic mass is 9.78. The lowest BCUT2D eigenvalue weighted by Crippen LogP contribution is -2.47. The van der Waals surface area contributed by atoms with Crippen molar-refractivity contribution in [3.8, 4) is 0 Å². The second-order valence-corrected chi connectivity index (χ2v) is 8.07. The molecule has 1 aromatic carbocycles. The molecule has 0 unspecified atom stereocenters. The van der Waals surface area contributed by atoms with Gasteiger partial charge >= 0.3 is 0 Å². The highest BCUT2D eigenvalue weighted by Gasteiger charge is 2.39. The fourth-order valence-electron chi connectivity index (χ4n) is 2.89. The summed E-state index contributed by atoms with van der Waals surface area (Å²) in [7, 11) is -1.78. The van der Waals surface area contributed by atoms with Gasteiger partial charge in [0.25, 0.3) is 0 Å². The molecule has 1 heterocycles. The molecule has 3 N–H and O–H groups in total. The number of hydrogen-bond acceptors (Lipinski definition) is 5. The van der Waals surface area contributed by atoms with E-state index in [2.05, 4.69) is 15.4 Å². The molecule has 0 aromatic heterocycles. The van der Waals surface area contributed by atoms with Crippen molar-refractivity contribution >= 4 is 27.3 Å². The minimum Gasteiger partial charge on any atom is -0.384 e. The molecule has 0 atom stereocenters. The minimum absolute atomic E-state index is 0.0972. The fourth-order valence-corrected chi connectivity index (χ4v) is 3.51. The van der Waals surface area contributed by atoms with E-state index in [9.17, 15) is 13.2 Å². The van der Waals surface area contributed by atoms with Crippen molar-refractivity contribution in [3.63, 3.8) is 0 Å². The maximum atomic E-state index is 12.8. The zero-order valence-electron chi connectivity index (χ0n) is 14.3. The molecule has 0 aliphatic carbocycles. The van der Waals surface area contributed by atoms with E-state index in [1.165, 1.54) is 0 Å². The van der Waals surface area contributed by atoms with E-state index in [0.29, 0.717) is 30.8 Å². The summed E-state index contributed by atoms with van der Waals surface area (Å²) in [6, 6.07) is 5.17. The lowest BCUT2D eigenvalue weighted by Gasteiger charge is -2.35. The van der Waals surface area contributed by atoms with Crippen LogP contribution in [0.25, 0.3) is 0 Å². The molecule has 134 valence electrons. The maximum Gasteiger partial charge on any atom is 0.233 e. The van der Waals surface area contributed by atoms with E-state index in [-0.39, 0.29) is 5.91 Å². The standard InChI is InChI=1S/C16H25N3O4S/c1-12-4-5-13(10-14(12)19-24(3,21)22)18-15(20)16(11-23-2)6-8-17-9-7-16/h4-5,10,17,19H,6-9,11H2,1-3H3,(H,18,20). The molecule has 1 aliphatic heterocycles. The number of rotatable bonds is 6. The number of ether oxygens (including phenoxy) is 1. The van der Waals surface area contributed by atoms with Gasteiger partial charge in [0.2, 0.25) is 15.9 Å². The summed E-state index contributed by atoms with van der Waals surface area (Å²) >= 11 is 0. The third-order valence-corrected chi connectivity index (χ3v) is 4.84. The molecule has 1 saturated heterocycles. The van der Waals surface area contributed by atoms with E-state index in [1.807, 2.05) is 0 Å². The summed E-state index contributed by atoms with van der Waals surface area (Å²) in [6.45, 7) is 3.70. The fraction of sp³-hybridized carbons (Fsp3) is 0.562. The molecular weight excluding hydrogens is 330 g/mol. The molecule has 7 nitrogen and oxygen atoms in total. The highest BCUT2D eigenvalue weighted by Crippen LogP contribution is 2.31. The molecule has 1 aliphatic rings. The zero-order valence-corrected chi connectivity index (χ0v) is 15.1. The van der Waals surface area contributed by atoms with Crippen molar-refractivity contribution in [2.75, 3.05) is 43.1 Å². The van der Waals surface area contributed by atoms with E-state index >= 15 is 0 Å². The Bertz CT molecular complexity index is 692. The van der Waals surface area contributed by atoms with Crippen LogP contribution in [0, 0.1) is 12.3 Å². The summed E-state index contributed by atoms with van der Waals surface area (Å²) in [5.74, 6) is -0.0972. The van der Waals surface area contributed by atoms with Gasteiger partial charge in [0, 0.05) is 12.8 Å². The Morgan fingerprint density at radius 1 is 1.33 bits per heavy atom. The van der Waals surface area contributed by atoms with Crippen LogP contribution >= 0.6 is 0 Å². The molecule has 2 rings (SSSR count). The van der Waals surface area contributed by atoms with Gasteiger partial charge < -0.3 is 15.4 Å². The predicted molar refractivity (Wildman–Crippen MR) is 94.7 cm³/mol. The number of hydrogen-bond donors (Lipinski definition) is 3. The average Bonchev–Trinajstić information content (AvgIpc) is 2.50. The number of carbonyl (C=O) groups is 1. The van der Waals surface area contributed by atoms with E-state index < -0.39 is 15.4 Å². The first kappa shape index (κ1) is 18.7. The van der Waals surface area contributed by atoms with Gasteiger partial charge in [-0.05, 0) is 50.6 Å². The molecule has 0 spiro atoms. The van der Waals surface area contributed by atoms with Crippen LogP contribution in [0.1, 0.15) is 18.4 Å². The van der Waals surface area contributed by atoms with Crippen LogP contribution in [-0.4, -0.2) is 47.4 Å². The minimum atomic E-state index is -3.38. The highest BCUT2D eigenvalue weighted by atomic mass is 32.2. The second kappa shape index (κ2) is 7.50. The molecular formula is C16H25N3O4S. The number of piperidine rings is 1. The Hall–Kier alpha value is -1.64. The lowest BCUT2D eigenvalue weighted by molar-refractivity contribution is -0.130. The van der Waals surface area contributed by atoms with Crippen LogP contribution < -0.4 is 15.4 Å². The second-order valence-electron chi connectivity index (χ2n) is 6.32. The summed E-state index contributed by atoms with van der Waals surface area (Å²) in [6.07, 6.45) is 2.50. The number of benzene rings is 1. The van der Waals surface area contributed by atoms with E-state index in [4.69, 9.17) is 4.74 Å². The third kappa shape index (κ3) is 4.68. The number of methoxy groups -OCH3 is 1. The summed E-state index contributed by atoms with van der Waals surface area (Å²) in [5, 5.41) is 6.16. The summed E-state index contributed by atoms with van der Waals surface area (Å²) in [4.78, 5) is 12.8. The first-order valence-electron chi connectivity index (χ1n) is 7.85. The van der Waals surface area contributed by atoms with Crippen molar-refractivity contribution in [3.05, 3.63) is 23.8 Å². The Morgan fingerprint density at radius 2 is 2.00 bits per heavy atom. The topological polar surface area (TPSA) is 96.5 Å². The van der Waals surface area contributed by atoms with Crippen molar-refractivity contribution in [2.24, 2.45) is 5.41 Å². The summed E-state index contributed by atoms with van der Waals surface area (Å²) in [5.41, 5.74) is 1.24. The number of nitrogens with one attached hydrogen (secondary N) is 3. The van der Waals surface area contributed by atoms with Crippen LogP contribution in [0.15, 0.2) is 18.2 Å². The van der Waals surface area contributed by atoms with Crippen molar-refractivity contribution in [2.45, 2.75) is 19.8 Å². The molecule has 0 bridgehead atoms. The Kier molecular flexibility index (Phi) is 5.84. The van der Waals surface area contributed by atoms with Crippen molar-refractivity contribution in [1.82, 2.24) is 5.32 Å². The van der Waals surface area contributed by atoms with Crippen LogP contribution in [0.3, 0.4) is 0 Å². The Morgan fingerprint density at radius 3 is 2.58 bits per heavy atom. The monoisotopic (exact) mass is 355 g/mol. The van der Waals surface area contributed by atoms with Gasteiger partial charge in [-0.25, -0.2) is 8.42 Å². The molecule has 1 aromatic rings. The van der Waals surface area contributed by atoms with Gasteiger partial charge in [0.15, 0.2) is 0 Å². The Balaban J connectivity index is 2.20. The van der Waals surface area contributed by atoms with Crippen molar-refractivity contribution < 1.29 is 17.9 Å². The first-order chi connectivity index (χ1) is 11.3. The molecule has 24 heavy (non-hydrogen) atoms. The number of aryl methyl sites for hydroxylation is 1. The summed E-state index contributed by atoms with van der Waals surface area (Å²) < 4.78 is 30.6. The van der Waals surface area contributed by atoms with E-state index in [1.54, 1.807) is 32.2 Å². The molecule has 8 heteroatoms. The number of carbonyl (C=O) groups excluding carboxylic acids is 1. The van der Waals surface area contributed by atoms with Crippen molar-refractivity contribution in [1.29, 1.82) is 0 Å². The third-order valence-electron chi connectivity index (χ3n) is 4.25. The smallest absolute Gasteiger partial charge is 0.233 e. The zero-order chi connectivity index (χ0) is 17.8. The van der Waals surface area contributed by atoms with Gasteiger partial charge in [0.1, 0.15) is 0 Å². The largest absolute Gasteiger partial charge is 0.384 e. The molecule has 0 saturated carbocycles. The average molecular weight is 355 g/mol. The van der Waals surface area contributed by atoms with Gasteiger partial charge in [-0.2, -0.15) is 0 Å². The van der Waals surface area contributed by atoms with Crippen LogP contribution in [0.5, 0.6) is 0 Å². The quantitative estimate of drug-likeness (QED) is 0.715. The van der Waals surface area contributed by atoms with E-state index in [0.717, 1.165) is 24.9 Å². The van der Waals surface area contributed by atoms with Gasteiger partial charge in [-0.3, -0.25) is 9.52 Å². The number of amides is 1. The van der Waals surface area contributed by atoms with Gasteiger partial charge in [-0.15, -0.1) is 0 Å². The Labute approximate surface area is 143 Å². The highest BCUT2D eigenvalue weighted by molar-refractivity contribution is 7.92. The van der Waals surface area contributed by atoms with Gasteiger partial charge in [-0.1, -0.05) is 6.07 Å². The van der Waals surface area contributed by atoms with Crippen LogP contribution in [-0.2, 0) is 19.6 Å². The number of sulfonamides is 1. The van der Waals surface area contributed by atoms with Crippen LogP contribution in [0.4, 0.5) is 11.4 Å².